The van der Waals surface area contributed by atoms with Gasteiger partial charge in [-0.25, -0.2) is 29.5 Å². The van der Waals surface area contributed by atoms with E-state index in [1.807, 2.05) is 0 Å². The number of amides is 4. The van der Waals surface area contributed by atoms with Crippen molar-refractivity contribution in [2.24, 2.45) is 11.8 Å². The maximum absolute atomic E-state index is 14.4. The summed E-state index contributed by atoms with van der Waals surface area (Å²) in [5.74, 6) is -0.440. The van der Waals surface area contributed by atoms with Crippen molar-refractivity contribution in [3.05, 3.63) is 60.2 Å². The van der Waals surface area contributed by atoms with Crippen LogP contribution in [0, 0.1) is 11.8 Å². The molecule has 2 fully saturated rings. The fourth-order valence-electron chi connectivity index (χ4n) is 7.35. The Bertz CT molecular complexity index is 2080. The van der Waals surface area contributed by atoms with E-state index in [9.17, 15) is 37.5 Å². The van der Waals surface area contributed by atoms with Gasteiger partial charge < -0.3 is 40.2 Å². The van der Waals surface area contributed by atoms with Gasteiger partial charge in [0.15, 0.2) is 11.5 Å². The molecule has 2 aliphatic rings. The first-order chi connectivity index (χ1) is 27.1. The molecule has 0 spiro atoms. The number of likely N-dealkylation sites (tertiary alicyclic amines) is 2. The van der Waals surface area contributed by atoms with Crippen LogP contribution < -0.4 is 10.6 Å². The highest BCUT2D eigenvalue weighted by atomic mass is 19.4. The van der Waals surface area contributed by atoms with Crippen molar-refractivity contribution in [3.63, 3.8) is 0 Å². The van der Waals surface area contributed by atoms with E-state index in [0.717, 1.165) is 6.42 Å². The van der Waals surface area contributed by atoms with Crippen molar-refractivity contribution in [1.82, 2.24) is 50.3 Å². The molecule has 3 aromatic heterocycles. The number of nitrogens with one attached hydrogen (secondary N) is 4. The van der Waals surface area contributed by atoms with Crippen LogP contribution in [0.3, 0.4) is 0 Å². The van der Waals surface area contributed by atoms with Gasteiger partial charge in [-0.3, -0.25) is 9.59 Å². The van der Waals surface area contributed by atoms with Gasteiger partial charge in [-0.2, -0.15) is 13.2 Å². The first kappa shape index (κ1) is 40.6. The van der Waals surface area contributed by atoms with E-state index in [1.54, 1.807) is 63.3 Å². The number of methoxy groups -OCH3 is 1. The molecule has 0 saturated carbocycles. The third-order valence-corrected chi connectivity index (χ3v) is 10.3. The molecule has 0 aliphatic carbocycles. The summed E-state index contributed by atoms with van der Waals surface area (Å²) >= 11 is 0. The Morgan fingerprint density at radius 3 is 1.86 bits per heavy atom. The van der Waals surface area contributed by atoms with E-state index in [0.29, 0.717) is 54.3 Å². The molecule has 5 N–H and O–H groups in total. The summed E-state index contributed by atoms with van der Waals surface area (Å²) in [5, 5.41) is 14.1. The summed E-state index contributed by atoms with van der Waals surface area (Å²) in [6, 6.07) is 3.27. The number of alkyl halides is 3. The van der Waals surface area contributed by atoms with Crippen LogP contribution in [0.5, 0.6) is 0 Å². The fraction of sp³-hybridized carbons (Fsp3) is 0.474. The van der Waals surface area contributed by atoms with Gasteiger partial charge in [0.25, 0.3) is 0 Å². The van der Waals surface area contributed by atoms with Crippen LogP contribution in [0.2, 0.25) is 0 Å². The second kappa shape index (κ2) is 16.6. The number of halogens is 3. The number of carbonyl (C=O) groups is 4. The van der Waals surface area contributed by atoms with Crippen molar-refractivity contribution in [3.8, 4) is 33.9 Å². The lowest BCUT2D eigenvalue weighted by atomic mass is 10.0. The number of carboxylic acid groups (broad SMARTS) is 1. The predicted molar refractivity (Wildman–Crippen MR) is 199 cm³/mol. The maximum Gasteiger partial charge on any atom is 0.435 e. The highest BCUT2D eigenvalue weighted by Crippen LogP contribution is 2.40. The molecule has 304 valence electrons. The number of ether oxygens (including phenoxy) is 1. The zero-order valence-electron chi connectivity index (χ0n) is 32.1. The molecule has 16 nitrogen and oxygen atoms in total. The van der Waals surface area contributed by atoms with Gasteiger partial charge in [0.1, 0.15) is 23.7 Å². The molecule has 4 atom stereocenters. The molecule has 4 amide bonds. The number of hydrogen-bond donors (Lipinski definition) is 5. The Labute approximate surface area is 326 Å². The minimum absolute atomic E-state index is 0.00380. The summed E-state index contributed by atoms with van der Waals surface area (Å²) < 4.78 is 47.8. The van der Waals surface area contributed by atoms with Crippen molar-refractivity contribution in [2.45, 2.75) is 83.7 Å². The van der Waals surface area contributed by atoms with Crippen LogP contribution in [-0.2, 0) is 20.5 Å². The zero-order valence-corrected chi connectivity index (χ0v) is 32.1. The van der Waals surface area contributed by atoms with Crippen molar-refractivity contribution >= 4 is 24.0 Å². The number of H-pyrrole nitrogens is 2. The number of nitrogens with zero attached hydrogens (tertiary/aromatic N) is 6. The summed E-state index contributed by atoms with van der Waals surface area (Å²) in [7, 11) is 1.18. The number of aromatic nitrogens is 6. The minimum atomic E-state index is -4.80. The molecule has 2 aliphatic heterocycles. The number of benzene rings is 1. The lowest BCUT2D eigenvalue weighted by Crippen LogP contribution is -2.51. The summed E-state index contributed by atoms with van der Waals surface area (Å²) in [4.78, 5) is 76.8. The van der Waals surface area contributed by atoms with Crippen LogP contribution in [0.25, 0.3) is 33.9 Å². The lowest BCUT2D eigenvalue weighted by molar-refractivity contribution is -0.140. The quantitative estimate of drug-likeness (QED) is 0.121. The largest absolute Gasteiger partial charge is 0.465 e. The van der Waals surface area contributed by atoms with Gasteiger partial charge >= 0.3 is 18.4 Å². The number of alkyl carbamates (subject to hydrolysis) is 1. The Morgan fingerprint density at radius 2 is 1.33 bits per heavy atom. The summed E-state index contributed by atoms with van der Waals surface area (Å²) in [6.07, 6.45) is 0.233. The molecular formula is C38H45F3N10O6. The van der Waals surface area contributed by atoms with Crippen LogP contribution >= 0.6 is 0 Å². The second-order valence-electron chi connectivity index (χ2n) is 14.8. The highest BCUT2D eigenvalue weighted by Gasteiger charge is 2.42. The van der Waals surface area contributed by atoms with Crippen LogP contribution in [0.15, 0.2) is 42.9 Å². The average molecular weight is 795 g/mol. The molecule has 19 heteroatoms. The topological polar surface area (TPSA) is 211 Å². The third kappa shape index (κ3) is 8.71. The van der Waals surface area contributed by atoms with E-state index in [1.165, 1.54) is 24.1 Å². The van der Waals surface area contributed by atoms with Gasteiger partial charge in [0.2, 0.25) is 11.8 Å². The monoisotopic (exact) mass is 794 g/mol. The maximum atomic E-state index is 14.4. The Morgan fingerprint density at radius 1 is 0.789 bits per heavy atom. The van der Waals surface area contributed by atoms with Gasteiger partial charge in [0, 0.05) is 42.2 Å². The highest BCUT2D eigenvalue weighted by molar-refractivity contribution is 5.87. The molecular weight excluding hydrogens is 749 g/mol. The Balaban J connectivity index is 1.18. The Hall–Kier alpha value is -6.01. The number of hydrogen-bond acceptors (Lipinski definition) is 9. The molecule has 2 saturated heterocycles. The smallest absolute Gasteiger partial charge is 0.435 e. The molecule has 57 heavy (non-hydrogen) atoms. The first-order valence-corrected chi connectivity index (χ1v) is 18.7. The van der Waals surface area contributed by atoms with E-state index in [-0.39, 0.29) is 47.4 Å². The van der Waals surface area contributed by atoms with Crippen LogP contribution in [-0.4, -0.2) is 101 Å². The number of rotatable bonds is 11. The third-order valence-electron chi connectivity index (χ3n) is 10.3. The molecule has 0 radical (unpaired) electrons. The predicted octanol–water partition coefficient (Wildman–Crippen LogP) is 5.94. The number of imidazole rings is 2. The van der Waals surface area contributed by atoms with Gasteiger partial charge in [-0.05, 0) is 37.5 Å². The molecule has 5 heterocycles. The van der Waals surface area contributed by atoms with Crippen molar-refractivity contribution in [2.75, 3.05) is 20.2 Å². The standard InChI is InChI=1S/C38H45F3N10O6/c1-19(2)27(47-36(54)55)34(52)50-14-6-8-25(50)32-44-18-24(45-32)23-16-42-31(43-17-23)22-12-10-21(11-13-22)29-30(38(39,40)41)49-33(46-29)26-9-7-15-51(26)35(53)28(20(3)4)48-37(56)57-5/h10-13,16-20,25-28,47H,6-9,14-15H2,1-5H3,(H,44,45)(H,46,49)(H,48,56)(H,54,55)/t25-,26?,27-,28-/m0/s1. The second-order valence-corrected chi connectivity index (χ2v) is 14.8. The molecule has 4 aromatic rings. The van der Waals surface area contributed by atoms with E-state index in [2.05, 4.69) is 45.3 Å². The fourth-order valence-corrected chi connectivity index (χ4v) is 7.35. The molecule has 6 rings (SSSR count). The summed E-state index contributed by atoms with van der Waals surface area (Å²) in [6.45, 7) is 7.81. The van der Waals surface area contributed by atoms with Crippen LogP contribution in [0.4, 0.5) is 22.8 Å². The summed E-state index contributed by atoms with van der Waals surface area (Å²) in [5.41, 5.74) is 0.614. The van der Waals surface area contributed by atoms with Crippen molar-refractivity contribution in [1.29, 1.82) is 0 Å². The first-order valence-electron chi connectivity index (χ1n) is 18.7. The molecule has 1 unspecified atom stereocenters. The molecule has 1 aromatic carbocycles. The van der Waals surface area contributed by atoms with Gasteiger partial charge in [0.05, 0.1) is 36.8 Å². The number of aromatic amines is 2. The van der Waals surface area contributed by atoms with E-state index >= 15 is 0 Å². The van der Waals surface area contributed by atoms with E-state index in [4.69, 9.17) is 0 Å². The van der Waals surface area contributed by atoms with E-state index < -0.39 is 48.1 Å². The van der Waals surface area contributed by atoms with Gasteiger partial charge in [-0.15, -0.1) is 0 Å². The number of carbonyl (C=O) groups excluding carboxylic acids is 3. The SMILES string of the molecule is COC(=O)N[C@H](C(=O)N1CCCC1c1nc(C(F)(F)F)c(-c2ccc(-c3ncc(-c4cnc([C@@H]5CCCN5C(=O)[C@@H](NC(=O)O)C(C)C)[nH]4)cn3)cc2)[nH]1)C(C)C. The van der Waals surface area contributed by atoms with Crippen LogP contribution in [0.1, 0.15) is 82.8 Å². The van der Waals surface area contributed by atoms with Crippen molar-refractivity contribution < 1.29 is 42.2 Å². The average Bonchev–Trinajstić information content (AvgIpc) is 4.01. The minimum Gasteiger partial charge on any atom is -0.465 e. The zero-order chi connectivity index (χ0) is 41.2. The molecule has 0 bridgehead atoms. The Kier molecular flexibility index (Phi) is 11.8. The lowest BCUT2D eigenvalue weighted by Gasteiger charge is -2.30. The van der Waals surface area contributed by atoms with Gasteiger partial charge in [-0.1, -0.05) is 52.0 Å². The normalized spacial score (nSPS) is 18.2.